The third-order valence-electron chi connectivity index (χ3n) is 3.29. The topological polar surface area (TPSA) is 59.4 Å². The second kappa shape index (κ2) is 5.97. The first-order chi connectivity index (χ1) is 8.72. The quantitative estimate of drug-likeness (QED) is 0.803. The second-order valence-electron chi connectivity index (χ2n) is 4.39. The molecule has 1 N–H and O–H groups in total. The number of aromatic nitrogens is 2. The first-order valence-electron chi connectivity index (χ1n) is 6.28. The molecule has 1 aromatic rings. The number of nitrogens with zero attached hydrogens (tertiary/aromatic N) is 3. The summed E-state index contributed by atoms with van der Waals surface area (Å²) >= 11 is 0. The lowest BCUT2D eigenvalue weighted by Gasteiger charge is -2.33. The Kier molecular flexibility index (Phi) is 4.33. The lowest BCUT2D eigenvalue weighted by molar-refractivity contribution is -0.132. The predicted octanol–water partition coefficient (Wildman–Crippen LogP) is -0.243. The molecule has 6 heteroatoms. The summed E-state index contributed by atoms with van der Waals surface area (Å²) in [5, 5.41) is 2.92. The molecule has 2 rings (SSSR count). The highest BCUT2D eigenvalue weighted by Crippen LogP contribution is 2.06. The van der Waals surface area contributed by atoms with Gasteiger partial charge in [-0.15, -0.1) is 0 Å². The molecule has 6 nitrogen and oxygen atoms in total. The van der Waals surface area contributed by atoms with Gasteiger partial charge in [0.05, 0.1) is 19.8 Å². The molecule has 1 fully saturated rings. The number of amides is 1. The van der Waals surface area contributed by atoms with E-state index in [1.54, 1.807) is 6.20 Å². The number of hydrogen-bond acceptors (Lipinski definition) is 4. The van der Waals surface area contributed by atoms with Gasteiger partial charge in [-0.3, -0.25) is 9.69 Å². The number of ether oxygens (including phenoxy) is 1. The van der Waals surface area contributed by atoms with Crippen molar-refractivity contribution in [3.63, 3.8) is 0 Å². The molecule has 0 spiro atoms. The normalized spacial score (nSPS) is 20.9. The molecule has 1 aliphatic heterocycles. The van der Waals surface area contributed by atoms with Crippen LogP contribution in [0.15, 0.2) is 12.4 Å². The number of likely N-dealkylation sites (N-methyl/N-ethyl adjacent to an activating group) is 1. The molecule has 1 saturated heterocycles. The van der Waals surface area contributed by atoms with Crippen LogP contribution in [0.2, 0.25) is 0 Å². The maximum absolute atomic E-state index is 12.1. The van der Waals surface area contributed by atoms with E-state index >= 15 is 0 Å². The Morgan fingerprint density at radius 2 is 2.50 bits per heavy atom. The van der Waals surface area contributed by atoms with Gasteiger partial charge in [0.15, 0.2) is 0 Å². The molecule has 100 valence electrons. The van der Waals surface area contributed by atoms with E-state index in [-0.39, 0.29) is 11.9 Å². The van der Waals surface area contributed by atoms with Crippen LogP contribution < -0.4 is 5.32 Å². The first kappa shape index (κ1) is 13.0. The van der Waals surface area contributed by atoms with E-state index < -0.39 is 0 Å². The third-order valence-corrected chi connectivity index (χ3v) is 3.29. The second-order valence-corrected chi connectivity index (χ2v) is 4.39. The van der Waals surface area contributed by atoms with Crippen molar-refractivity contribution in [2.45, 2.75) is 19.5 Å². The average Bonchev–Trinajstić information content (AvgIpc) is 2.81. The van der Waals surface area contributed by atoms with Gasteiger partial charge < -0.3 is 14.6 Å². The fourth-order valence-electron chi connectivity index (χ4n) is 2.11. The van der Waals surface area contributed by atoms with Crippen LogP contribution in [0.4, 0.5) is 0 Å². The van der Waals surface area contributed by atoms with Gasteiger partial charge in [-0.25, -0.2) is 4.98 Å². The van der Waals surface area contributed by atoms with Crippen LogP contribution in [0.5, 0.6) is 0 Å². The number of carbonyl (C=O) groups excluding carboxylic acids is 1. The standard InChI is InChI=1S/C12H20N4O2/c1-3-16-6-7-18-9-10(16)12(17)14-8-11-13-4-5-15(11)2/h4-5,10H,3,6-9H2,1-2H3,(H,14,17). The Bertz CT molecular complexity index is 405. The van der Waals surface area contributed by atoms with Crippen LogP contribution in [0.3, 0.4) is 0 Å². The Morgan fingerprint density at radius 1 is 1.67 bits per heavy atom. The Hall–Kier alpha value is -1.40. The lowest BCUT2D eigenvalue weighted by atomic mass is 10.2. The first-order valence-corrected chi connectivity index (χ1v) is 6.28. The smallest absolute Gasteiger partial charge is 0.240 e. The third kappa shape index (κ3) is 2.88. The van der Waals surface area contributed by atoms with Crippen molar-refractivity contribution < 1.29 is 9.53 Å². The molecule has 1 atom stereocenters. The van der Waals surface area contributed by atoms with E-state index in [0.717, 1.165) is 18.9 Å². The van der Waals surface area contributed by atoms with E-state index in [9.17, 15) is 4.79 Å². The molecule has 1 amide bonds. The lowest BCUT2D eigenvalue weighted by Crippen LogP contribution is -2.53. The molecule has 1 aromatic heterocycles. The van der Waals surface area contributed by atoms with Crippen LogP contribution in [-0.2, 0) is 23.1 Å². The number of imidazole rings is 1. The van der Waals surface area contributed by atoms with Crippen molar-refractivity contribution in [2.24, 2.45) is 7.05 Å². The summed E-state index contributed by atoms with van der Waals surface area (Å²) in [7, 11) is 1.91. The molecule has 0 aromatic carbocycles. The molecule has 0 bridgehead atoms. The maximum Gasteiger partial charge on any atom is 0.240 e. The molecule has 1 unspecified atom stereocenters. The van der Waals surface area contributed by atoms with Crippen LogP contribution in [0.1, 0.15) is 12.7 Å². The zero-order valence-electron chi connectivity index (χ0n) is 10.9. The number of hydrogen-bond donors (Lipinski definition) is 1. The summed E-state index contributed by atoms with van der Waals surface area (Å²) in [6.07, 6.45) is 3.59. The Balaban J connectivity index is 1.89. The number of nitrogens with one attached hydrogen (secondary N) is 1. The minimum Gasteiger partial charge on any atom is -0.378 e. The average molecular weight is 252 g/mol. The summed E-state index contributed by atoms with van der Waals surface area (Å²) in [5.41, 5.74) is 0. The molecular formula is C12H20N4O2. The maximum atomic E-state index is 12.1. The van der Waals surface area contributed by atoms with Crippen LogP contribution >= 0.6 is 0 Å². The zero-order chi connectivity index (χ0) is 13.0. The van der Waals surface area contributed by atoms with E-state index in [2.05, 4.69) is 22.1 Å². The van der Waals surface area contributed by atoms with Crippen molar-refractivity contribution in [1.82, 2.24) is 19.8 Å². The van der Waals surface area contributed by atoms with Gasteiger partial charge in [0, 0.05) is 26.0 Å². The van der Waals surface area contributed by atoms with Crippen LogP contribution in [-0.4, -0.2) is 52.7 Å². The van der Waals surface area contributed by atoms with Gasteiger partial charge in [-0.05, 0) is 6.54 Å². The van der Waals surface area contributed by atoms with Crippen LogP contribution in [0.25, 0.3) is 0 Å². The molecule has 1 aliphatic rings. The van der Waals surface area contributed by atoms with Crippen LogP contribution in [0, 0.1) is 0 Å². The minimum atomic E-state index is -0.177. The molecule has 2 heterocycles. The van der Waals surface area contributed by atoms with Gasteiger partial charge in [0.25, 0.3) is 0 Å². The van der Waals surface area contributed by atoms with E-state index in [1.807, 2.05) is 17.8 Å². The number of rotatable bonds is 4. The summed E-state index contributed by atoms with van der Waals surface area (Å²) in [4.78, 5) is 18.4. The summed E-state index contributed by atoms with van der Waals surface area (Å²) in [6, 6.07) is -0.177. The number of aryl methyl sites for hydroxylation is 1. The molecular weight excluding hydrogens is 232 g/mol. The highest BCUT2D eigenvalue weighted by Gasteiger charge is 2.28. The largest absolute Gasteiger partial charge is 0.378 e. The van der Waals surface area contributed by atoms with Gasteiger partial charge in [0.1, 0.15) is 11.9 Å². The molecule has 0 radical (unpaired) electrons. The van der Waals surface area contributed by atoms with E-state index in [4.69, 9.17) is 4.74 Å². The minimum absolute atomic E-state index is 0.0135. The van der Waals surface area contributed by atoms with Crippen molar-refractivity contribution in [2.75, 3.05) is 26.3 Å². The summed E-state index contributed by atoms with van der Waals surface area (Å²) in [5.74, 6) is 0.864. The van der Waals surface area contributed by atoms with Crippen molar-refractivity contribution in [1.29, 1.82) is 0 Å². The van der Waals surface area contributed by atoms with E-state index in [0.29, 0.717) is 19.8 Å². The van der Waals surface area contributed by atoms with Crippen molar-refractivity contribution in [3.8, 4) is 0 Å². The van der Waals surface area contributed by atoms with Crippen molar-refractivity contribution >= 4 is 5.91 Å². The molecule has 18 heavy (non-hydrogen) atoms. The highest BCUT2D eigenvalue weighted by molar-refractivity contribution is 5.81. The Morgan fingerprint density at radius 3 is 3.17 bits per heavy atom. The summed E-state index contributed by atoms with van der Waals surface area (Å²) in [6.45, 7) is 5.37. The van der Waals surface area contributed by atoms with Crippen molar-refractivity contribution in [3.05, 3.63) is 18.2 Å². The SMILES string of the molecule is CCN1CCOCC1C(=O)NCc1nccn1C. The van der Waals surface area contributed by atoms with Gasteiger partial charge in [0.2, 0.25) is 5.91 Å². The number of carbonyl (C=O) groups is 1. The number of morpholine rings is 1. The molecule has 0 saturated carbocycles. The molecule has 0 aliphatic carbocycles. The highest BCUT2D eigenvalue weighted by atomic mass is 16.5. The fourth-order valence-corrected chi connectivity index (χ4v) is 2.11. The van der Waals surface area contributed by atoms with Gasteiger partial charge >= 0.3 is 0 Å². The summed E-state index contributed by atoms with van der Waals surface area (Å²) < 4.78 is 7.27. The monoisotopic (exact) mass is 252 g/mol. The van der Waals surface area contributed by atoms with Gasteiger partial charge in [-0.1, -0.05) is 6.92 Å². The van der Waals surface area contributed by atoms with Gasteiger partial charge in [-0.2, -0.15) is 0 Å². The van der Waals surface area contributed by atoms with E-state index in [1.165, 1.54) is 0 Å². The predicted molar refractivity (Wildman–Crippen MR) is 66.9 cm³/mol. The fraction of sp³-hybridized carbons (Fsp3) is 0.667. The zero-order valence-corrected chi connectivity index (χ0v) is 10.9. The Labute approximate surface area is 107 Å².